The molecule has 0 saturated heterocycles. The summed E-state index contributed by atoms with van der Waals surface area (Å²) in [4.78, 5) is 15.3. The summed E-state index contributed by atoms with van der Waals surface area (Å²) in [6, 6.07) is 48.8. The number of allylic oxidation sites excluding steroid dienone is 1. The van der Waals surface area contributed by atoms with E-state index in [2.05, 4.69) is 109 Å². The fraction of sp³-hybridized carbons (Fsp3) is 0.0444. The molecule has 4 heteroatoms. The fourth-order valence-corrected chi connectivity index (χ4v) is 7.30. The van der Waals surface area contributed by atoms with Gasteiger partial charge in [0.05, 0.1) is 0 Å². The average molecular weight is 628 g/mol. The maximum absolute atomic E-state index is 6.42. The van der Waals surface area contributed by atoms with Crippen LogP contribution >= 0.6 is 0 Å². The van der Waals surface area contributed by atoms with Gasteiger partial charge in [-0.25, -0.2) is 15.0 Å². The first-order valence-corrected chi connectivity index (χ1v) is 16.7. The van der Waals surface area contributed by atoms with E-state index >= 15 is 0 Å². The third-order valence-corrected chi connectivity index (χ3v) is 9.76. The summed E-state index contributed by atoms with van der Waals surface area (Å²) < 4.78 is 6.42. The number of furan rings is 1. The molecule has 49 heavy (non-hydrogen) atoms. The molecule has 0 N–H and O–H groups in total. The first-order chi connectivity index (χ1) is 24.2. The molecule has 0 atom stereocenters. The van der Waals surface area contributed by atoms with E-state index in [0.717, 1.165) is 62.6 Å². The molecule has 4 nitrogen and oxygen atoms in total. The predicted octanol–water partition coefficient (Wildman–Crippen LogP) is 11.7. The Labute approximate surface area is 283 Å². The average Bonchev–Trinajstić information content (AvgIpc) is 3.56. The summed E-state index contributed by atoms with van der Waals surface area (Å²) in [5, 5.41) is 6.90. The molecule has 0 bridgehead atoms. The van der Waals surface area contributed by atoms with Gasteiger partial charge in [0.25, 0.3) is 0 Å². The fourth-order valence-electron chi connectivity index (χ4n) is 7.30. The number of hydrogen-bond donors (Lipinski definition) is 0. The minimum atomic E-state index is 0.613. The Morgan fingerprint density at radius 1 is 0.469 bits per heavy atom. The topological polar surface area (TPSA) is 51.8 Å². The van der Waals surface area contributed by atoms with Gasteiger partial charge in [-0.3, -0.25) is 0 Å². The van der Waals surface area contributed by atoms with Gasteiger partial charge in [0.15, 0.2) is 17.5 Å². The van der Waals surface area contributed by atoms with Crippen molar-refractivity contribution in [2.45, 2.75) is 12.8 Å². The summed E-state index contributed by atoms with van der Waals surface area (Å²) in [6.45, 7) is 0. The van der Waals surface area contributed by atoms with Gasteiger partial charge in [-0.15, -0.1) is 0 Å². The van der Waals surface area contributed by atoms with Crippen LogP contribution in [-0.4, -0.2) is 15.0 Å². The molecule has 0 fully saturated rings. The van der Waals surface area contributed by atoms with E-state index in [1.165, 1.54) is 32.7 Å². The molecule has 0 saturated carbocycles. The molecule has 0 amide bonds. The molecular formula is C45H29N3O. The van der Waals surface area contributed by atoms with Gasteiger partial charge in [0, 0.05) is 27.5 Å². The Balaban J connectivity index is 1.17. The summed E-state index contributed by atoms with van der Waals surface area (Å²) in [5.74, 6) is 1.89. The van der Waals surface area contributed by atoms with Crippen molar-refractivity contribution in [3.05, 3.63) is 157 Å². The highest BCUT2D eigenvalue weighted by atomic mass is 16.3. The standard InChI is InChI=1S/C45H29N3O/c1-2-11-30(12-3-1)43-46-44(35-21-23-37-34(26-35)20-18-29-10-6-7-14-36(29)37)48-45(47-43)38-15-8-16-41-42(38)39-27-33(22-24-40(39)49-41)32-19-17-28-9-4-5-13-31(28)25-32/h1-5,7-9,11-27H,6,10H2. The molecule has 10 rings (SSSR count). The van der Waals surface area contributed by atoms with Crippen LogP contribution in [0.1, 0.15) is 17.5 Å². The van der Waals surface area contributed by atoms with Crippen molar-refractivity contribution in [2.75, 3.05) is 0 Å². The zero-order valence-corrected chi connectivity index (χ0v) is 26.6. The van der Waals surface area contributed by atoms with E-state index in [0.29, 0.717) is 17.5 Å². The van der Waals surface area contributed by atoms with Crippen LogP contribution in [0.4, 0.5) is 0 Å². The van der Waals surface area contributed by atoms with E-state index < -0.39 is 0 Å². The van der Waals surface area contributed by atoms with E-state index in [1.807, 2.05) is 42.5 Å². The van der Waals surface area contributed by atoms with Gasteiger partial charge in [0.2, 0.25) is 0 Å². The Kier molecular flexibility index (Phi) is 6.28. The second-order valence-corrected chi connectivity index (χ2v) is 12.7. The van der Waals surface area contributed by atoms with Crippen molar-refractivity contribution in [3.8, 4) is 45.3 Å². The predicted molar refractivity (Wildman–Crippen MR) is 201 cm³/mol. The van der Waals surface area contributed by atoms with Crippen LogP contribution in [0.15, 0.2) is 150 Å². The molecule has 0 radical (unpaired) electrons. The van der Waals surface area contributed by atoms with Crippen molar-refractivity contribution in [1.82, 2.24) is 15.0 Å². The van der Waals surface area contributed by atoms with E-state index in [-0.39, 0.29) is 0 Å². The monoisotopic (exact) mass is 627 g/mol. The molecule has 1 aliphatic rings. The molecule has 2 aromatic heterocycles. The van der Waals surface area contributed by atoms with Crippen LogP contribution < -0.4 is 0 Å². The molecule has 2 heterocycles. The number of benzene rings is 7. The van der Waals surface area contributed by atoms with Crippen LogP contribution in [-0.2, 0) is 6.42 Å². The number of fused-ring (bicyclic) bond motifs is 7. The number of aromatic nitrogens is 3. The maximum atomic E-state index is 6.42. The Hall–Kier alpha value is -6.39. The SMILES string of the molecule is C1=Cc2c(ccc3cc(-c4nc(-c5ccccc5)nc(-c5cccc6oc7ccc(-c8ccc9ccccc9c8)cc7c56)n4)ccc23)CC1. The number of nitrogens with zero attached hydrogens (tertiary/aromatic N) is 3. The third kappa shape index (κ3) is 4.72. The van der Waals surface area contributed by atoms with Crippen LogP contribution in [0, 0.1) is 0 Å². The zero-order valence-electron chi connectivity index (χ0n) is 26.6. The molecule has 9 aromatic rings. The molecule has 0 spiro atoms. The van der Waals surface area contributed by atoms with Gasteiger partial charge >= 0.3 is 0 Å². The zero-order chi connectivity index (χ0) is 32.3. The first-order valence-electron chi connectivity index (χ1n) is 16.7. The molecule has 0 aliphatic heterocycles. The molecule has 7 aromatic carbocycles. The largest absolute Gasteiger partial charge is 0.456 e. The second kappa shape index (κ2) is 11.1. The molecular weight excluding hydrogens is 599 g/mol. The molecule has 0 unspecified atom stereocenters. The van der Waals surface area contributed by atoms with Crippen molar-refractivity contribution in [2.24, 2.45) is 0 Å². The van der Waals surface area contributed by atoms with Crippen molar-refractivity contribution in [3.63, 3.8) is 0 Å². The lowest BCUT2D eigenvalue weighted by Gasteiger charge is -2.14. The Morgan fingerprint density at radius 2 is 1.20 bits per heavy atom. The lowest BCUT2D eigenvalue weighted by molar-refractivity contribution is 0.669. The van der Waals surface area contributed by atoms with Gasteiger partial charge < -0.3 is 4.42 Å². The van der Waals surface area contributed by atoms with E-state index in [4.69, 9.17) is 19.4 Å². The van der Waals surface area contributed by atoms with Crippen LogP contribution in [0.2, 0.25) is 0 Å². The summed E-state index contributed by atoms with van der Waals surface area (Å²) >= 11 is 0. The van der Waals surface area contributed by atoms with Crippen molar-refractivity contribution in [1.29, 1.82) is 0 Å². The summed E-state index contributed by atoms with van der Waals surface area (Å²) in [6.07, 6.45) is 6.70. The first kappa shape index (κ1) is 27.7. The third-order valence-electron chi connectivity index (χ3n) is 9.76. The molecule has 230 valence electrons. The number of aryl methyl sites for hydroxylation is 1. The lowest BCUT2D eigenvalue weighted by atomic mass is 9.91. The maximum Gasteiger partial charge on any atom is 0.164 e. The van der Waals surface area contributed by atoms with Gasteiger partial charge in [-0.2, -0.15) is 0 Å². The number of hydrogen-bond acceptors (Lipinski definition) is 4. The Bertz CT molecular complexity index is 2780. The van der Waals surface area contributed by atoms with E-state index in [1.54, 1.807) is 0 Å². The minimum Gasteiger partial charge on any atom is -0.456 e. The van der Waals surface area contributed by atoms with Crippen molar-refractivity contribution >= 4 is 49.6 Å². The summed E-state index contributed by atoms with van der Waals surface area (Å²) in [7, 11) is 0. The van der Waals surface area contributed by atoms with Gasteiger partial charge in [-0.1, -0.05) is 121 Å². The van der Waals surface area contributed by atoms with Crippen molar-refractivity contribution < 1.29 is 4.42 Å². The Morgan fingerprint density at radius 3 is 2.12 bits per heavy atom. The lowest BCUT2D eigenvalue weighted by Crippen LogP contribution is -2.01. The highest BCUT2D eigenvalue weighted by Crippen LogP contribution is 2.39. The quantitative estimate of drug-likeness (QED) is 0.195. The van der Waals surface area contributed by atoms with Gasteiger partial charge in [0.1, 0.15) is 11.2 Å². The smallest absolute Gasteiger partial charge is 0.164 e. The van der Waals surface area contributed by atoms with Crippen LogP contribution in [0.5, 0.6) is 0 Å². The molecule has 1 aliphatic carbocycles. The van der Waals surface area contributed by atoms with Gasteiger partial charge in [-0.05, 0) is 87.0 Å². The minimum absolute atomic E-state index is 0.613. The number of rotatable bonds is 4. The van der Waals surface area contributed by atoms with Crippen LogP contribution in [0.25, 0.3) is 94.8 Å². The second-order valence-electron chi connectivity index (χ2n) is 12.7. The highest BCUT2D eigenvalue weighted by molar-refractivity contribution is 6.13. The van der Waals surface area contributed by atoms with E-state index in [9.17, 15) is 0 Å². The van der Waals surface area contributed by atoms with Crippen LogP contribution in [0.3, 0.4) is 0 Å². The highest BCUT2D eigenvalue weighted by Gasteiger charge is 2.19. The normalized spacial score (nSPS) is 12.7. The summed E-state index contributed by atoms with van der Waals surface area (Å²) in [5.41, 5.74) is 9.45.